The fourth-order valence-electron chi connectivity index (χ4n) is 2.30. The second-order valence-corrected chi connectivity index (χ2v) is 7.02. The third-order valence-corrected chi connectivity index (χ3v) is 3.53. The van der Waals surface area contributed by atoms with Crippen LogP contribution in [-0.4, -0.2) is 48.1 Å². The Balaban J connectivity index is 2.48. The maximum atomic E-state index is 12.1. The number of aliphatic imine (C=N–C) groups is 1. The predicted molar refractivity (Wildman–Crippen MR) is 86.8 cm³/mol. The Hall–Kier alpha value is -1.26. The van der Waals surface area contributed by atoms with E-state index >= 15 is 0 Å². The molecule has 21 heavy (non-hydrogen) atoms. The van der Waals surface area contributed by atoms with Crippen molar-refractivity contribution in [2.75, 3.05) is 19.6 Å². The predicted octanol–water partition coefficient (Wildman–Crippen LogP) is 3.05. The molecular weight excluding hydrogens is 266 g/mol. The number of carbonyl (C=O) groups excluding carboxylic acids is 1. The number of rotatable bonds is 4. The first-order valence-corrected chi connectivity index (χ1v) is 7.99. The number of amides is 1. The Bertz CT molecular complexity index is 374. The van der Waals surface area contributed by atoms with Crippen molar-refractivity contribution in [2.45, 2.75) is 66.0 Å². The zero-order chi connectivity index (χ0) is 16.0. The molecule has 2 atom stereocenters. The average molecular weight is 297 g/mol. The molecule has 0 aliphatic carbocycles. The van der Waals surface area contributed by atoms with E-state index < -0.39 is 5.60 Å². The number of ether oxygens (including phenoxy) is 1. The van der Waals surface area contributed by atoms with Crippen LogP contribution in [-0.2, 0) is 4.74 Å². The SMILES string of the molecule is CCC(C)CC(C)NC1=NCCN(C(=O)OC(C)(C)C)C1. The van der Waals surface area contributed by atoms with Crippen molar-refractivity contribution in [1.82, 2.24) is 10.2 Å². The smallest absolute Gasteiger partial charge is 0.410 e. The highest BCUT2D eigenvalue weighted by Crippen LogP contribution is 2.12. The van der Waals surface area contributed by atoms with E-state index in [9.17, 15) is 4.79 Å². The van der Waals surface area contributed by atoms with Gasteiger partial charge in [-0.1, -0.05) is 20.3 Å². The van der Waals surface area contributed by atoms with E-state index in [-0.39, 0.29) is 6.09 Å². The standard InChI is InChI=1S/C16H31N3O2/c1-7-12(2)10-13(3)18-14-11-19(9-8-17-14)15(20)21-16(4,5)6/h12-13H,7-11H2,1-6H3,(H,17,18). The lowest BCUT2D eigenvalue weighted by molar-refractivity contribution is 0.0276. The number of hydrogen-bond acceptors (Lipinski definition) is 4. The maximum Gasteiger partial charge on any atom is 0.410 e. The zero-order valence-electron chi connectivity index (χ0n) is 14.4. The third kappa shape index (κ3) is 6.82. The van der Waals surface area contributed by atoms with Gasteiger partial charge in [-0.05, 0) is 40.0 Å². The summed E-state index contributed by atoms with van der Waals surface area (Å²) in [4.78, 5) is 18.3. The topological polar surface area (TPSA) is 53.9 Å². The minimum atomic E-state index is -0.455. The fourth-order valence-corrected chi connectivity index (χ4v) is 2.30. The summed E-state index contributed by atoms with van der Waals surface area (Å²) < 4.78 is 5.42. The molecule has 0 bridgehead atoms. The fraction of sp³-hybridized carbons (Fsp3) is 0.875. The third-order valence-electron chi connectivity index (χ3n) is 3.53. The van der Waals surface area contributed by atoms with Gasteiger partial charge in [-0.3, -0.25) is 9.89 Å². The highest BCUT2D eigenvalue weighted by Gasteiger charge is 2.25. The molecule has 1 rings (SSSR count). The summed E-state index contributed by atoms with van der Waals surface area (Å²) >= 11 is 0. The second kappa shape index (κ2) is 7.66. The van der Waals surface area contributed by atoms with Gasteiger partial charge in [-0.2, -0.15) is 0 Å². The van der Waals surface area contributed by atoms with Crippen LogP contribution in [0.15, 0.2) is 4.99 Å². The van der Waals surface area contributed by atoms with Crippen molar-refractivity contribution < 1.29 is 9.53 Å². The van der Waals surface area contributed by atoms with Gasteiger partial charge < -0.3 is 10.1 Å². The number of nitrogens with one attached hydrogen (secondary N) is 1. The molecule has 0 radical (unpaired) electrons. The largest absolute Gasteiger partial charge is 0.444 e. The van der Waals surface area contributed by atoms with Gasteiger partial charge in [0.25, 0.3) is 0 Å². The molecule has 1 amide bonds. The Morgan fingerprint density at radius 3 is 2.67 bits per heavy atom. The summed E-state index contributed by atoms with van der Waals surface area (Å²) in [5.74, 6) is 1.58. The van der Waals surface area contributed by atoms with Crippen LogP contribution < -0.4 is 5.32 Å². The molecule has 1 N–H and O–H groups in total. The van der Waals surface area contributed by atoms with Crippen molar-refractivity contribution in [3.05, 3.63) is 0 Å². The molecule has 1 heterocycles. The molecule has 0 saturated carbocycles. The minimum Gasteiger partial charge on any atom is -0.444 e. The quantitative estimate of drug-likeness (QED) is 0.867. The number of hydrogen-bond donors (Lipinski definition) is 1. The van der Waals surface area contributed by atoms with Crippen LogP contribution in [0.2, 0.25) is 0 Å². The lowest BCUT2D eigenvalue weighted by Crippen LogP contribution is -2.49. The van der Waals surface area contributed by atoms with E-state index in [4.69, 9.17) is 4.74 Å². The second-order valence-electron chi connectivity index (χ2n) is 7.02. The molecule has 0 spiro atoms. The van der Waals surface area contributed by atoms with Gasteiger partial charge in [0, 0.05) is 12.6 Å². The van der Waals surface area contributed by atoms with Crippen LogP contribution in [0.1, 0.15) is 54.4 Å². The Labute approximate surface area is 129 Å². The summed E-state index contributed by atoms with van der Waals surface area (Å²) in [6.07, 6.45) is 2.04. The van der Waals surface area contributed by atoms with Crippen LogP contribution in [0.5, 0.6) is 0 Å². The van der Waals surface area contributed by atoms with Crippen molar-refractivity contribution in [3.8, 4) is 0 Å². The maximum absolute atomic E-state index is 12.1. The lowest BCUT2D eigenvalue weighted by atomic mass is 10.0. The van der Waals surface area contributed by atoms with Gasteiger partial charge in [0.1, 0.15) is 11.4 Å². The van der Waals surface area contributed by atoms with Crippen molar-refractivity contribution in [1.29, 1.82) is 0 Å². The van der Waals surface area contributed by atoms with Gasteiger partial charge in [0.15, 0.2) is 0 Å². The Morgan fingerprint density at radius 2 is 2.10 bits per heavy atom. The summed E-state index contributed by atoms with van der Waals surface area (Å²) in [7, 11) is 0. The van der Waals surface area contributed by atoms with Crippen LogP contribution in [0, 0.1) is 5.92 Å². The van der Waals surface area contributed by atoms with Gasteiger partial charge in [0.05, 0.1) is 13.1 Å². The molecule has 0 aromatic rings. The van der Waals surface area contributed by atoms with Crippen LogP contribution in [0.4, 0.5) is 4.79 Å². The van der Waals surface area contributed by atoms with Crippen molar-refractivity contribution in [2.24, 2.45) is 10.9 Å². The molecule has 0 fully saturated rings. The van der Waals surface area contributed by atoms with E-state index in [2.05, 4.69) is 31.1 Å². The normalized spacial score (nSPS) is 18.8. The average Bonchev–Trinajstić information content (AvgIpc) is 2.36. The number of nitrogens with zero attached hydrogens (tertiary/aromatic N) is 2. The molecule has 0 aromatic carbocycles. The molecule has 1 aliphatic rings. The summed E-state index contributed by atoms with van der Waals surface area (Å²) in [5.41, 5.74) is -0.455. The highest BCUT2D eigenvalue weighted by atomic mass is 16.6. The molecular formula is C16H31N3O2. The molecule has 2 unspecified atom stereocenters. The van der Waals surface area contributed by atoms with E-state index in [1.807, 2.05) is 20.8 Å². The number of carbonyl (C=O) groups is 1. The van der Waals surface area contributed by atoms with Crippen molar-refractivity contribution >= 4 is 11.9 Å². The molecule has 1 aliphatic heterocycles. The molecule has 5 heteroatoms. The minimum absolute atomic E-state index is 0.258. The first-order valence-electron chi connectivity index (χ1n) is 7.99. The van der Waals surface area contributed by atoms with E-state index in [1.165, 1.54) is 6.42 Å². The van der Waals surface area contributed by atoms with Gasteiger partial charge in [-0.25, -0.2) is 4.79 Å². The van der Waals surface area contributed by atoms with Crippen molar-refractivity contribution in [3.63, 3.8) is 0 Å². The van der Waals surface area contributed by atoms with Gasteiger partial charge in [0.2, 0.25) is 0 Å². The lowest BCUT2D eigenvalue weighted by Gasteiger charge is -2.31. The zero-order valence-corrected chi connectivity index (χ0v) is 14.4. The summed E-state index contributed by atoms with van der Waals surface area (Å²) in [5, 5.41) is 3.43. The van der Waals surface area contributed by atoms with Crippen LogP contribution in [0.3, 0.4) is 0 Å². The summed E-state index contributed by atoms with van der Waals surface area (Å²) in [6.45, 7) is 14.1. The van der Waals surface area contributed by atoms with Gasteiger partial charge in [-0.15, -0.1) is 0 Å². The van der Waals surface area contributed by atoms with Gasteiger partial charge >= 0.3 is 6.09 Å². The Morgan fingerprint density at radius 1 is 1.43 bits per heavy atom. The first-order chi connectivity index (χ1) is 9.71. The monoisotopic (exact) mass is 297 g/mol. The first kappa shape index (κ1) is 17.8. The van der Waals surface area contributed by atoms with Crippen LogP contribution in [0.25, 0.3) is 0 Å². The van der Waals surface area contributed by atoms with Crippen LogP contribution >= 0.6 is 0 Å². The number of amidine groups is 1. The highest BCUT2D eigenvalue weighted by molar-refractivity contribution is 5.88. The molecule has 0 saturated heterocycles. The molecule has 5 nitrogen and oxygen atoms in total. The van der Waals surface area contributed by atoms with E-state index in [0.717, 1.165) is 12.3 Å². The summed E-state index contributed by atoms with van der Waals surface area (Å²) in [6, 6.07) is 0.372. The molecule has 122 valence electrons. The van der Waals surface area contributed by atoms with E-state index in [0.29, 0.717) is 31.6 Å². The Kier molecular flexibility index (Phi) is 6.49. The molecule has 0 aromatic heterocycles. The van der Waals surface area contributed by atoms with E-state index in [1.54, 1.807) is 4.90 Å².